The predicted molar refractivity (Wildman–Crippen MR) is 102 cm³/mol. The van der Waals surface area contributed by atoms with E-state index in [9.17, 15) is 23.2 Å². The molecule has 0 aliphatic carbocycles. The first-order chi connectivity index (χ1) is 12.9. The van der Waals surface area contributed by atoms with E-state index in [1.165, 1.54) is 16.7 Å². The van der Waals surface area contributed by atoms with Crippen LogP contribution in [0, 0.1) is 16.7 Å². The van der Waals surface area contributed by atoms with Gasteiger partial charge in [-0.05, 0) is 29.2 Å². The normalized spacial score (nSPS) is 12.4. The van der Waals surface area contributed by atoms with Gasteiger partial charge in [0.25, 0.3) is 0 Å². The van der Waals surface area contributed by atoms with Crippen molar-refractivity contribution in [2.45, 2.75) is 33.5 Å². The fraction of sp³-hybridized carbons (Fsp3) is 0.333. The zero-order chi connectivity index (χ0) is 20.9. The highest BCUT2D eigenvalue weighted by Crippen LogP contribution is 2.37. The average Bonchev–Trinajstić information content (AvgIpc) is 2.83. The molecule has 1 aromatic heterocycles. The van der Waals surface area contributed by atoms with Crippen molar-refractivity contribution < 1.29 is 13.2 Å². The monoisotopic (exact) mass is 387 g/mol. The van der Waals surface area contributed by atoms with Gasteiger partial charge in [-0.15, -0.1) is 0 Å². The molecule has 0 radical (unpaired) electrons. The SMILES string of the molecule is Cn1c(=O)n(CC(C)(C)C)c2ccc(-c3cccc(C(F)(F)F)c3C#N)cc21. The molecule has 146 valence electrons. The second kappa shape index (κ2) is 6.55. The van der Waals surface area contributed by atoms with E-state index >= 15 is 0 Å². The molecule has 0 N–H and O–H groups in total. The van der Waals surface area contributed by atoms with E-state index in [0.29, 0.717) is 23.1 Å². The molecular weight excluding hydrogens is 367 g/mol. The maximum absolute atomic E-state index is 13.3. The molecule has 0 unspecified atom stereocenters. The predicted octanol–water partition coefficient (Wildman–Crippen LogP) is 4.94. The van der Waals surface area contributed by atoms with Gasteiger partial charge in [-0.2, -0.15) is 18.4 Å². The van der Waals surface area contributed by atoms with Gasteiger partial charge in [0.05, 0.1) is 22.2 Å². The van der Waals surface area contributed by atoms with Crippen molar-refractivity contribution in [1.82, 2.24) is 9.13 Å². The number of nitrogens with zero attached hydrogens (tertiary/aromatic N) is 3. The molecule has 3 aromatic rings. The van der Waals surface area contributed by atoms with Crippen LogP contribution < -0.4 is 5.69 Å². The van der Waals surface area contributed by atoms with Crippen LogP contribution in [0.1, 0.15) is 31.9 Å². The molecule has 0 bridgehead atoms. The van der Waals surface area contributed by atoms with Crippen molar-refractivity contribution in [1.29, 1.82) is 5.26 Å². The molecule has 0 spiro atoms. The molecular formula is C21H20F3N3O. The number of aromatic nitrogens is 2. The summed E-state index contributed by atoms with van der Waals surface area (Å²) < 4.78 is 42.9. The van der Waals surface area contributed by atoms with Gasteiger partial charge >= 0.3 is 11.9 Å². The number of alkyl halides is 3. The van der Waals surface area contributed by atoms with Gasteiger partial charge in [0.1, 0.15) is 6.07 Å². The van der Waals surface area contributed by atoms with Crippen molar-refractivity contribution in [2.24, 2.45) is 12.5 Å². The average molecular weight is 387 g/mol. The van der Waals surface area contributed by atoms with E-state index in [1.807, 2.05) is 20.8 Å². The third kappa shape index (κ3) is 3.42. The van der Waals surface area contributed by atoms with E-state index in [-0.39, 0.29) is 16.7 Å². The fourth-order valence-corrected chi connectivity index (χ4v) is 3.35. The van der Waals surface area contributed by atoms with Crippen molar-refractivity contribution in [3.05, 3.63) is 58.0 Å². The van der Waals surface area contributed by atoms with Crippen LogP contribution in [-0.2, 0) is 19.8 Å². The molecule has 4 nitrogen and oxygen atoms in total. The number of halogens is 3. The molecule has 1 heterocycles. The van der Waals surface area contributed by atoms with Gasteiger partial charge in [0, 0.05) is 19.2 Å². The molecule has 0 saturated heterocycles. The highest BCUT2D eigenvalue weighted by Gasteiger charge is 2.34. The van der Waals surface area contributed by atoms with E-state index in [0.717, 1.165) is 6.07 Å². The number of hydrogen-bond donors (Lipinski definition) is 0. The largest absolute Gasteiger partial charge is 0.417 e. The summed E-state index contributed by atoms with van der Waals surface area (Å²) in [4.78, 5) is 12.6. The van der Waals surface area contributed by atoms with E-state index < -0.39 is 17.3 Å². The fourth-order valence-electron chi connectivity index (χ4n) is 3.35. The Hall–Kier alpha value is -3.01. The second-order valence-corrected chi connectivity index (χ2v) is 8.03. The Kier molecular flexibility index (Phi) is 4.62. The van der Waals surface area contributed by atoms with Gasteiger partial charge in [0.2, 0.25) is 0 Å². The standard InChI is InChI=1S/C21H20F3N3O/c1-20(2,3)12-27-17-9-8-13(10-18(17)26(4)19(27)28)14-6-5-7-16(15(14)11-25)21(22,23)24/h5-10H,12H2,1-4H3. The molecule has 0 saturated carbocycles. The summed E-state index contributed by atoms with van der Waals surface area (Å²) in [7, 11) is 1.63. The van der Waals surface area contributed by atoms with Crippen LogP contribution in [0.15, 0.2) is 41.2 Å². The summed E-state index contributed by atoms with van der Waals surface area (Å²) in [6.07, 6.45) is -4.62. The van der Waals surface area contributed by atoms with E-state index in [4.69, 9.17) is 0 Å². The van der Waals surface area contributed by atoms with E-state index in [2.05, 4.69) is 0 Å². The third-order valence-electron chi connectivity index (χ3n) is 4.57. The smallest absolute Gasteiger partial charge is 0.295 e. The van der Waals surface area contributed by atoms with Gasteiger partial charge in [-0.1, -0.05) is 39.0 Å². The van der Waals surface area contributed by atoms with Gasteiger partial charge in [0.15, 0.2) is 0 Å². The molecule has 28 heavy (non-hydrogen) atoms. The Morgan fingerprint density at radius 1 is 1.07 bits per heavy atom. The number of fused-ring (bicyclic) bond motifs is 1. The molecule has 0 aliphatic rings. The van der Waals surface area contributed by atoms with Gasteiger partial charge in [-0.25, -0.2) is 4.79 Å². The summed E-state index contributed by atoms with van der Waals surface area (Å²) in [6.45, 7) is 6.58. The second-order valence-electron chi connectivity index (χ2n) is 8.03. The van der Waals surface area contributed by atoms with Crippen LogP contribution in [0.2, 0.25) is 0 Å². The van der Waals surface area contributed by atoms with Gasteiger partial charge < -0.3 is 0 Å². The first kappa shape index (κ1) is 19.7. The molecule has 0 aliphatic heterocycles. The summed E-state index contributed by atoms with van der Waals surface area (Å²) in [6, 6.07) is 10.4. The molecule has 3 rings (SSSR count). The van der Waals surface area contributed by atoms with Crippen molar-refractivity contribution in [3.63, 3.8) is 0 Å². The Bertz CT molecular complexity index is 1160. The van der Waals surface area contributed by atoms with Crippen LogP contribution in [0.25, 0.3) is 22.2 Å². The lowest BCUT2D eigenvalue weighted by atomic mass is 9.95. The van der Waals surface area contributed by atoms with Crippen molar-refractivity contribution in [2.75, 3.05) is 0 Å². The maximum Gasteiger partial charge on any atom is 0.417 e. The number of hydrogen-bond acceptors (Lipinski definition) is 2. The van der Waals surface area contributed by atoms with Gasteiger partial charge in [-0.3, -0.25) is 9.13 Å². The third-order valence-corrected chi connectivity index (χ3v) is 4.57. The lowest BCUT2D eigenvalue weighted by Crippen LogP contribution is -2.27. The summed E-state index contributed by atoms with van der Waals surface area (Å²) in [5.41, 5.74) is 0.261. The molecule has 7 heteroatoms. The Labute approximate surface area is 160 Å². The Morgan fingerprint density at radius 2 is 1.75 bits per heavy atom. The Morgan fingerprint density at radius 3 is 2.32 bits per heavy atom. The van der Waals surface area contributed by atoms with Crippen LogP contribution in [0.3, 0.4) is 0 Å². The lowest BCUT2D eigenvalue weighted by molar-refractivity contribution is -0.137. The number of benzene rings is 2. The highest BCUT2D eigenvalue weighted by atomic mass is 19.4. The van der Waals surface area contributed by atoms with Crippen LogP contribution in [-0.4, -0.2) is 9.13 Å². The molecule has 0 fully saturated rings. The molecule has 0 amide bonds. The number of nitriles is 1. The first-order valence-corrected chi connectivity index (χ1v) is 8.74. The molecule has 2 aromatic carbocycles. The highest BCUT2D eigenvalue weighted by molar-refractivity contribution is 5.84. The van der Waals surface area contributed by atoms with Crippen molar-refractivity contribution in [3.8, 4) is 17.2 Å². The quantitative estimate of drug-likeness (QED) is 0.625. The minimum Gasteiger partial charge on any atom is -0.295 e. The number of imidazole rings is 1. The molecule has 0 atom stereocenters. The zero-order valence-corrected chi connectivity index (χ0v) is 16.1. The summed E-state index contributed by atoms with van der Waals surface area (Å²) in [5.74, 6) is 0. The minimum absolute atomic E-state index is 0.119. The maximum atomic E-state index is 13.3. The minimum atomic E-state index is -4.62. The van der Waals surface area contributed by atoms with E-state index in [1.54, 1.807) is 35.9 Å². The summed E-state index contributed by atoms with van der Waals surface area (Å²) >= 11 is 0. The topological polar surface area (TPSA) is 50.7 Å². The van der Waals surface area contributed by atoms with Crippen LogP contribution >= 0.6 is 0 Å². The lowest BCUT2D eigenvalue weighted by Gasteiger charge is -2.18. The van der Waals surface area contributed by atoms with Crippen molar-refractivity contribution >= 4 is 11.0 Å². The zero-order valence-electron chi connectivity index (χ0n) is 16.1. The number of rotatable bonds is 2. The van der Waals surface area contributed by atoms with Crippen LogP contribution in [0.5, 0.6) is 0 Å². The number of aryl methyl sites for hydroxylation is 1. The Balaban J connectivity index is 2.24. The van der Waals surface area contributed by atoms with Crippen LogP contribution in [0.4, 0.5) is 13.2 Å². The first-order valence-electron chi connectivity index (χ1n) is 8.74. The summed E-state index contributed by atoms with van der Waals surface area (Å²) in [5, 5.41) is 9.36.